The van der Waals surface area contributed by atoms with Gasteiger partial charge >= 0.3 is 0 Å². The summed E-state index contributed by atoms with van der Waals surface area (Å²) in [6, 6.07) is 25.5. The number of aliphatic hydroxyl groups excluding tert-OH is 2. The second-order valence-electron chi connectivity index (χ2n) is 7.95. The molecule has 3 aromatic rings. The fraction of sp³-hybridized carbons (Fsp3) is 0.231. The Labute approximate surface area is 187 Å². The number of amides is 2. The third kappa shape index (κ3) is 4.88. The Morgan fingerprint density at radius 1 is 0.812 bits per heavy atom. The molecule has 0 bridgehead atoms. The summed E-state index contributed by atoms with van der Waals surface area (Å²) in [6.07, 6.45) is -2.96. The van der Waals surface area contributed by atoms with Crippen LogP contribution in [0.4, 0.5) is 0 Å². The van der Waals surface area contributed by atoms with Crippen LogP contribution in [-0.4, -0.2) is 45.7 Å². The molecule has 1 aliphatic heterocycles. The lowest BCUT2D eigenvalue weighted by Crippen LogP contribution is -2.51. The van der Waals surface area contributed by atoms with E-state index in [1.54, 1.807) is 0 Å². The second-order valence-corrected chi connectivity index (χ2v) is 7.95. The van der Waals surface area contributed by atoms with Crippen LogP contribution in [-0.2, 0) is 29.1 Å². The fourth-order valence-electron chi connectivity index (χ4n) is 3.89. The molecule has 0 radical (unpaired) electrons. The Bertz CT molecular complexity index is 1080. The number of nitrogens with zero attached hydrogens (tertiary/aromatic N) is 1. The molecule has 0 aliphatic carbocycles. The van der Waals surface area contributed by atoms with Crippen molar-refractivity contribution < 1.29 is 19.8 Å². The zero-order chi connectivity index (χ0) is 22.5. The molecule has 6 heteroatoms. The molecule has 1 heterocycles. The molecule has 0 fully saturated rings. The van der Waals surface area contributed by atoms with E-state index in [1.807, 2.05) is 78.9 Å². The first-order valence-corrected chi connectivity index (χ1v) is 10.7. The number of nitrogens with one attached hydrogen (secondary N) is 1. The summed E-state index contributed by atoms with van der Waals surface area (Å²) in [7, 11) is 0. The molecule has 0 aromatic heterocycles. The van der Waals surface area contributed by atoms with E-state index >= 15 is 0 Å². The molecule has 0 unspecified atom stereocenters. The van der Waals surface area contributed by atoms with Gasteiger partial charge in [-0.1, -0.05) is 78.9 Å². The van der Waals surface area contributed by atoms with Crippen LogP contribution >= 0.6 is 0 Å². The first-order chi connectivity index (χ1) is 15.5. The Hall–Kier alpha value is -3.48. The fourth-order valence-corrected chi connectivity index (χ4v) is 3.89. The summed E-state index contributed by atoms with van der Waals surface area (Å²) < 4.78 is 0. The first-order valence-electron chi connectivity index (χ1n) is 10.7. The van der Waals surface area contributed by atoms with Crippen LogP contribution < -0.4 is 5.32 Å². The van der Waals surface area contributed by atoms with Crippen molar-refractivity contribution in [3.63, 3.8) is 0 Å². The SMILES string of the molecule is O=C(NCc1ccc(-c2ccccc2)cc1)[C@H](O)[C@@H](O)C(=O)N1CCc2ccccc2C1. The van der Waals surface area contributed by atoms with Gasteiger partial charge in [-0.05, 0) is 34.2 Å². The highest BCUT2D eigenvalue weighted by Crippen LogP contribution is 2.20. The van der Waals surface area contributed by atoms with Gasteiger partial charge in [-0.3, -0.25) is 9.59 Å². The standard InChI is InChI=1S/C26H26N2O4/c29-23(24(30)26(32)28-15-14-20-8-4-5-9-22(20)17-28)25(31)27-16-18-10-12-21(13-11-18)19-6-2-1-3-7-19/h1-13,23-24,29-30H,14-17H2,(H,27,31)/t23-,24-/m1/s1. The minimum atomic E-state index is -1.83. The summed E-state index contributed by atoms with van der Waals surface area (Å²) >= 11 is 0. The van der Waals surface area contributed by atoms with Crippen LogP contribution in [0.3, 0.4) is 0 Å². The van der Waals surface area contributed by atoms with E-state index in [1.165, 1.54) is 10.5 Å². The molecule has 3 N–H and O–H groups in total. The van der Waals surface area contributed by atoms with Crippen LogP contribution in [0.25, 0.3) is 11.1 Å². The number of benzene rings is 3. The molecular weight excluding hydrogens is 404 g/mol. The normalized spacial score (nSPS) is 14.9. The van der Waals surface area contributed by atoms with Crippen LogP contribution in [0.5, 0.6) is 0 Å². The number of hydrogen-bond donors (Lipinski definition) is 3. The lowest BCUT2D eigenvalue weighted by molar-refractivity contribution is -0.153. The lowest BCUT2D eigenvalue weighted by atomic mass is 9.99. The minimum Gasteiger partial charge on any atom is -0.380 e. The van der Waals surface area contributed by atoms with Crippen molar-refractivity contribution in [3.8, 4) is 11.1 Å². The van der Waals surface area contributed by atoms with Gasteiger partial charge in [-0.15, -0.1) is 0 Å². The van der Waals surface area contributed by atoms with Crippen molar-refractivity contribution in [2.75, 3.05) is 6.54 Å². The predicted molar refractivity (Wildman–Crippen MR) is 121 cm³/mol. The summed E-state index contributed by atoms with van der Waals surface area (Å²) in [6.45, 7) is 0.978. The van der Waals surface area contributed by atoms with Crippen LogP contribution in [0, 0.1) is 0 Å². The number of aliphatic hydroxyl groups is 2. The highest BCUT2D eigenvalue weighted by molar-refractivity contribution is 5.90. The maximum absolute atomic E-state index is 12.6. The molecule has 6 nitrogen and oxygen atoms in total. The quantitative estimate of drug-likeness (QED) is 0.560. The summed E-state index contributed by atoms with van der Waals surface area (Å²) in [4.78, 5) is 26.5. The third-order valence-corrected chi connectivity index (χ3v) is 5.79. The van der Waals surface area contributed by atoms with Crippen LogP contribution in [0.1, 0.15) is 16.7 Å². The maximum atomic E-state index is 12.6. The predicted octanol–water partition coefficient (Wildman–Crippen LogP) is 2.28. The largest absolute Gasteiger partial charge is 0.380 e. The van der Waals surface area contributed by atoms with E-state index in [4.69, 9.17) is 0 Å². The van der Waals surface area contributed by atoms with Gasteiger partial charge in [0.1, 0.15) is 0 Å². The van der Waals surface area contributed by atoms with Gasteiger partial charge < -0.3 is 20.4 Å². The molecule has 0 saturated carbocycles. The third-order valence-electron chi connectivity index (χ3n) is 5.79. The van der Waals surface area contributed by atoms with Crippen molar-refractivity contribution in [1.82, 2.24) is 10.2 Å². The van der Waals surface area contributed by atoms with E-state index in [9.17, 15) is 19.8 Å². The van der Waals surface area contributed by atoms with E-state index < -0.39 is 24.0 Å². The van der Waals surface area contributed by atoms with E-state index in [0.29, 0.717) is 19.5 Å². The molecule has 2 amide bonds. The highest BCUT2D eigenvalue weighted by Gasteiger charge is 2.34. The van der Waals surface area contributed by atoms with Crippen molar-refractivity contribution in [2.45, 2.75) is 31.7 Å². The average Bonchev–Trinajstić information content (AvgIpc) is 2.86. The monoisotopic (exact) mass is 430 g/mol. The van der Waals surface area contributed by atoms with Crippen LogP contribution in [0.15, 0.2) is 78.9 Å². The zero-order valence-corrected chi connectivity index (χ0v) is 17.6. The number of rotatable bonds is 6. The van der Waals surface area contributed by atoms with Crippen molar-refractivity contribution in [2.24, 2.45) is 0 Å². The number of carbonyl (C=O) groups is 2. The Kier molecular flexibility index (Phi) is 6.63. The molecule has 0 spiro atoms. The molecule has 164 valence electrons. The summed E-state index contributed by atoms with van der Waals surface area (Å²) in [5, 5.41) is 23.2. The topological polar surface area (TPSA) is 89.9 Å². The lowest BCUT2D eigenvalue weighted by Gasteiger charge is -2.31. The van der Waals surface area contributed by atoms with E-state index in [0.717, 1.165) is 22.3 Å². The zero-order valence-electron chi connectivity index (χ0n) is 17.6. The maximum Gasteiger partial charge on any atom is 0.255 e. The van der Waals surface area contributed by atoms with E-state index in [2.05, 4.69) is 5.32 Å². The number of carbonyl (C=O) groups excluding carboxylic acids is 2. The van der Waals surface area contributed by atoms with Gasteiger partial charge in [0.05, 0.1) is 0 Å². The van der Waals surface area contributed by atoms with Gasteiger partial charge in [0.25, 0.3) is 11.8 Å². The van der Waals surface area contributed by atoms with Crippen molar-refractivity contribution in [1.29, 1.82) is 0 Å². The Morgan fingerprint density at radius 3 is 2.16 bits per heavy atom. The number of hydrogen-bond acceptors (Lipinski definition) is 4. The van der Waals surface area contributed by atoms with E-state index in [-0.39, 0.29) is 6.54 Å². The first kappa shape index (κ1) is 21.7. The highest BCUT2D eigenvalue weighted by atomic mass is 16.3. The summed E-state index contributed by atoms with van der Waals surface area (Å²) in [5.41, 5.74) is 5.18. The van der Waals surface area contributed by atoms with Crippen LogP contribution in [0.2, 0.25) is 0 Å². The van der Waals surface area contributed by atoms with Gasteiger partial charge in [0.2, 0.25) is 0 Å². The molecule has 3 aromatic carbocycles. The Morgan fingerprint density at radius 2 is 1.44 bits per heavy atom. The van der Waals surface area contributed by atoms with Crippen molar-refractivity contribution in [3.05, 3.63) is 95.6 Å². The molecule has 1 aliphatic rings. The smallest absolute Gasteiger partial charge is 0.255 e. The molecule has 32 heavy (non-hydrogen) atoms. The summed E-state index contributed by atoms with van der Waals surface area (Å²) in [5.74, 6) is -1.43. The molecule has 4 rings (SSSR count). The van der Waals surface area contributed by atoms with Gasteiger partial charge in [-0.25, -0.2) is 0 Å². The average molecular weight is 431 g/mol. The second kappa shape index (κ2) is 9.77. The van der Waals surface area contributed by atoms with Crippen molar-refractivity contribution >= 4 is 11.8 Å². The Balaban J connectivity index is 1.31. The molecule has 0 saturated heterocycles. The van der Waals surface area contributed by atoms with Gasteiger partial charge in [0, 0.05) is 19.6 Å². The number of fused-ring (bicyclic) bond motifs is 1. The van der Waals surface area contributed by atoms with Gasteiger partial charge in [0.15, 0.2) is 12.2 Å². The molecular formula is C26H26N2O4. The van der Waals surface area contributed by atoms with Gasteiger partial charge in [-0.2, -0.15) is 0 Å². The molecule has 2 atom stereocenters. The minimum absolute atomic E-state index is 0.183.